The molecule has 1 atom stereocenters. The number of carbonyl (C=O) groups is 1. The summed E-state index contributed by atoms with van der Waals surface area (Å²) in [4.78, 5) is 12.3. The largest absolute Gasteiger partial charge is 0.465 e. The summed E-state index contributed by atoms with van der Waals surface area (Å²) in [5.41, 5.74) is 0. The van der Waals surface area contributed by atoms with Crippen LogP contribution in [0.1, 0.15) is 226 Å². The molecule has 0 aromatic heterocycles. The lowest BCUT2D eigenvalue weighted by Gasteiger charge is -2.17. The molecule has 0 N–H and O–H groups in total. The first kappa shape index (κ1) is 39.5. The predicted molar refractivity (Wildman–Crippen MR) is 179 cm³/mol. The van der Waals surface area contributed by atoms with E-state index in [1.807, 2.05) is 0 Å². The normalized spacial score (nSPS) is 12.2. The Morgan fingerprint density at radius 3 is 1.02 bits per heavy atom. The van der Waals surface area contributed by atoms with Gasteiger partial charge < -0.3 is 4.74 Å². The van der Waals surface area contributed by atoms with Crippen molar-refractivity contribution in [3.05, 3.63) is 0 Å². The van der Waals surface area contributed by atoms with Crippen LogP contribution in [0.4, 0.5) is 0 Å². The van der Waals surface area contributed by atoms with Crippen molar-refractivity contribution < 1.29 is 9.53 Å². The Hall–Kier alpha value is -0.530. The second-order valence-corrected chi connectivity index (χ2v) is 13.1. The topological polar surface area (TPSA) is 26.3 Å². The maximum Gasteiger partial charge on any atom is 0.305 e. The van der Waals surface area contributed by atoms with E-state index in [1.54, 1.807) is 0 Å². The maximum atomic E-state index is 12.3. The molecule has 0 radical (unpaired) electrons. The SMILES string of the molecule is CCCCCCCCCCCCCCCCCCCCCC(=O)OCC(CCCCCC)CCCCCCCC. The van der Waals surface area contributed by atoms with Gasteiger partial charge in [0.25, 0.3) is 0 Å². The fraction of sp³-hybridized carbons (Fsp3) is 0.974. The highest BCUT2D eigenvalue weighted by atomic mass is 16.5. The molecular weight excluding hydrogens is 488 g/mol. The maximum absolute atomic E-state index is 12.3. The van der Waals surface area contributed by atoms with E-state index in [9.17, 15) is 4.79 Å². The second kappa shape index (κ2) is 34.7. The van der Waals surface area contributed by atoms with Crippen LogP contribution in [0.5, 0.6) is 0 Å². The smallest absolute Gasteiger partial charge is 0.305 e. The number of esters is 1. The molecule has 0 aromatic carbocycles. The van der Waals surface area contributed by atoms with Gasteiger partial charge in [0, 0.05) is 6.42 Å². The quantitative estimate of drug-likeness (QED) is 0.0574. The van der Waals surface area contributed by atoms with Crippen LogP contribution in [0.15, 0.2) is 0 Å². The number of hydrogen-bond donors (Lipinski definition) is 0. The summed E-state index contributed by atoms with van der Waals surface area (Å²) in [5.74, 6) is 0.630. The number of hydrogen-bond acceptors (Lipinski definition) is 2. The van der Waals surface area contributed by atoms with Crippen molar-refractivity contribution in [2.24, 2.45) is 5.92 Å². The van der Waals surface area contributed by atoms with Gasteiger partial charge in [0.15, 0.2) is 0 Å². The monoisotopic (exact) mass is 565 g/mol. The third-order valence-corrected chi connectivity index (χ3v) is 8.90. The highest BCUT2D eigenvalue weighted by molar-refractivity contribution is 5.69. The standard InChI is InChI=1S/C38H76O2/c1-4-7-10-13-15-16-17-18-19-20-21-22-23-24-25-26-27-29-32-35-38(39)40-36-37(33-30-12-9-6-3)34-31-28-14-11-8-5-2/h37H,4-36H2,1-3H3. The van der Waals surface area contributed by atoms with Crippen LogP contribution >= 0.6 is 0 Å². The van der Waals surface area contributed by atoms with Crippen LogP contribution in [0, 0.1) is 5.92 Å². The average Bonchev–Trinajstić information content (AvgIpc) is 2.96. The molecule has 0 aliphatic carbocycles. The number of carbonyl (C=O) groups excluding carboxylic acids is 1. The lowest BCUT2D eigenvalue weighted by molar-refractivity contribution is -0.145. The molecule has 0 spiro atoms. The molecule has 0 fully saturated rings. The molecule has 0 saturated heterocycles. The van der Waals surface area contributed by atoms with Crippen molar-refractivity contribution in [3.8, 4) is 0 Å². The van der Waals surface area contributed by atoms with E-state index in [4.69, 9.17) is 4.74 Å². The van der Waals surface area contributed by atoms with Crippen molar-refractivity contribution in [1.82, 2.24) is 0 Å². The molecule has 2 heteroatoms. The molecule has 40 heavy (non-hydrogen) atoms. The van der Waals surface area contributed by atoms with E-state index >= 15 is 0 Å². The fourth-order valence-electron chi connectivity index (χ4n) is 6.01. The molecule has 0 aliphatic heterocycles. The third kappa shape index (κ3) is 32.0. The van der Waals surface area contributed by atoms with Crippen LogP contribution in [0.25, 0.3) is 0 Å². The van der Waals surface area contributed by atoms with Gasteiger partial charge in [0.1, 0.15) is 0 Å². The molecule has 0 saturated carbocycles. The first-order valence-electron chi connectivity index (χ1n) is 18.9. The Bertz CT molecular complexity index is 474. The Balaban J connectivity index is 3.57. The highest BCUT2D eigenvalue weighted by Gasteiger charge is 2.12. The molecule has 0 aliphatic rings. The van der Waals surface area contributed by atoms with Gasteiger partial charge in [-0.3, -0.25) is 4.79 Å². The number of unbranched alkanes of at least 4 members (excludes halogenated alkanes) is 26. The van der Waals surface area contributed by atoms with Crippen LogP contribution in [0.3, 0.4) is 0 Å². The fourth-order valence-corrected chi connectivity index (χ4v) is 6.01. The summed E-state index contributed by atoms with van der Waals surface area (Å²) in [6.07, 6.45) is 42.8. The summed E-state index contributed by atoms with van der Waals surface area (Å²) >= 11 is 0. The molecule has 2 nitrogen and oxygen atoms in total. The van der Waals surface area contributed by atoms with Crippen LogP contribution < -0.4 is 0 Å². The van der Waals surface area contributed by atoms with Crippen LogP contribution in [-0.4, -0.2) is 12.6 Å². The Labute approximate surface area is 254 Å². The molecule has 0 rings (SSSR count). The minimum atomic E-state index is 0.0495. The zero-order valence-corrected chi connectivity index (χ0v) is 28.2. The van der Waals surface area contributed by atoms with Gasteiger partial charge in [-0.2, -0.15) is 0 Å². The number of rotatable bonds is 34. The zero-order chi connectivity index (χ0) is 29.2. The van der Waals surface area contributed by atoms with Gasteiger partial charge in [-0.1, -0.05) is 201 Å². The average molecular weight is 565 g/mol. The summed E-state index contributed by atoms with van der Waals surface area (Å²) in [6, 6.07) is 0. The summed E-state index contributed by atoms with van der Waals surface area (Å²) in [6.45, 7) is 7.52. The molecule has 240 valence electrons. The third-order valence-electron chi connectivity index (χ3n) is 8.90. The lowest BCUT2D eigenvalue weighted by atomic mass is 9.95. The molecule has 0 bridgehead atoms. The lowest BCUT2D eigenvalue weighted by Crippen LogP contribution is -2.14. The first-order chi connectivity index (χ1) is 19.7. The molecule has 1 unspecified atom stereocenters. The molecule has 0 heterocycles. The zero-order valence-electron chi connectivity index (χ0n) is 28.2. The Morgan fingerprint density at radius 2 is 0.675 bits per heavy atom. The van der Waals surface area contributed by atoms with Gasteiger partial charge >= 0.3 is 5.97 Å². The molecule has 0 amide bonds. The van der Waals surface area contributed by atoms with E-state index in [-0.39, 0.29) is 5.97 Å². The minimum Gasteiger partial charge on any atom is -0.465 e. The Kier molecular flexibility index (Phi) is 34.2. The first-order valence-corrected chi connectivity index (χ1v) is 18.9. The molecular formula is C38H76O2. The van der Waals surface area contributed by atoms with Crippen LogP contribution in [-0.2, 0) is 9.53 Å². The van der Waals surface area contributed by atoms with Crippen molar-refractivity contribution in [1.29, 1.82) is 0 Å². The van der Waals surface area contributed by atoms with Crippen molar-refractivity contribution in [2.75, 3.05) is 6.61 Å². The Morgan fingerprint density at radius 1 is 0.400 bits per heavy atom. The van der Waals surface area contributed by atoms with E-state index in [0.717, 1.165) is 6.42 Å². The van der Waals surface area contributed by atoms with Gasteiger partial charge in [0.05, 0.1) is 6.61 Å². The minimum absolute atomic E-state index is 0.0495. The van der Waals surface area contributed by atoms with Gasteiger partial charge in [-0.25, -0.2) is 0 Å². The van der Waals surface area contributed by atoms with E-state index in [2.05, 4.69) is 20.8 Å². The van der Waals surface area contributed by atoms with E-state index in [0.29, 0.717) is 18.9 Å². The molecule has 0 aromatic rings. The van der Waals surface area contributed by atoms with Crippen molar-refractivity contribution in [2.45, 2.75) is 226 Å². The van der Waals surface area contributed by atoms with E-state index in [1.165, 1.54) is 193 Å². The van der Waals surface area contributed by atoms with Crippen LogP contribution in [0.2, 0.25) is 0 Å². The second-order valence-electron chi connectivity index (χ2n) is 13.1. The van der Waals surface area contributed by atoms with Crippen molar-refractivity contribution in [3.63, 3.8) is 0 Å². The van der Waals surface area contributed by atoms with Gasteiger partial charge in [0.2, 0.25) is 0 Å². The summed E-state index contributed by atoms with van der Waals surface area (Å²) < 4.78 is 5.75. The van der Waals surface area contributed by atoms with Crippen molar-refractivity contribution >= 4 is 5.97 Å². The van der Waals surface area contributed by atoms with Gasteiger partial charge in [-0.15, -0.1) is 0 Å². The number of ether oxygens (including phenoxy) is 1. The highest BCUT2D eigenvalue weighted by Crippen LogP contribution is 2.20. The summed E-state index contributed by atoms with van der Waals surface area (Å²) in [7, 11) is 0. The predicted octanol–water partition coefficient (Wildman–Crippen LogP) is 13.7. The summed E-state index contributed by atoms with van der Waals surface area (Å²) in [5, 5.41) is 0. The van der Waals surface area contributed by atoms with E-state index < -0.39 is 0 Å². The van der Waals surface area contributed by atoms with Gasteiger partial charge in [-0.05, 0) is 25.2 Å².